The summed E-state index contributed by atoms with van der Waals surface area (Å²) in [6.45, 7) is 5.36. The number of ether oxygens (including phenoxy) is 2. The Morgan fingerprint density at radius 3 is 2.15 bits per heavy atom. The van der Waals surface area contributed by atoms with Crippen molar-refractivity contribution in [1.82, 2.24) is 14.9 Å². The molecule has 0 aliphatic rings. The minimum atomic E-state index is -0.995. The summed E-state index contributed by atoms with van der Waals surface area (Å²) in [7, 11) is 0. The van der Waals surface area contributed by atoms with Crippen LogP contribution >= 0.6 is 23.2 Å². The highest BCUT2D eigenvalue weighted by molar-refractivity contribution is 6.36. The number of hydrogen-bond donors (Lipinski definition) is 2. The summed E-state index contributed by atoms with van der Waals surface area (Å²) in [5.74, 6) is 1.48. The molecular formula is C38H37Cl2N3O5. The number of halogens is 2. The van der Waals surface area contributed by atoms with Crippen LogP contribution in [-0.2, 0) is 24.2 Å². The number of hydrogen-bond acceptors (Lipinski definition) is 5. The number of carboxylic acids is 1. The Labute approximate surface area is 290 Å². The summed E-state index contributed by atoms with van der Waals surface area (Å²) in [5, 5.41) is 13.5. The van der Waals surface area contributed by atoms with E-state index in [1.807, 2.05) is 67.7 Å². The number of aromatic carboxylic acids is 1. The zero-order chi connectivity index (χ0) is 34.0. The zero-order valence-corrected chi connectivity index (χ0v) is 28.3. The summed E-state index contributed by atoms with van der Waals surface area (Å²) in [6.07, 6.45) is 4.58. The first-order valence-electron chi connectivity index (χ1n) is 15.9. The van der Waals surface area contributed by atoms with Gasteiger partial charge in [0.1, 0.15) is 23.1 Å². The number of imidazole rings is 1. The van der Waals surface area contributed by atoms with Crippen molar-refractivity contribution in [3.05, 3.63) is 130 Å². The molecule has 0 unspecified atom stereocenters. The van der Waals surface area contributed by atoms with Gasteiger partial charge >= 0.3 is 5.97 Å². The van der Waals surface area contributed by atoms with Crippen LogP contribution in [0.5, 0.6) is 17.2 Å². The Bertz CT molecular complexity index is 1840. The van der Waals surface area contributed by atoms with Crippen molar-refractivity contribution in [2.75, 3.05) is 6.61 Å². The molecule has 10 heteroatoms. The van der Waals surface area contributed by atoms with Gasteiger partial charge in [0.25, 0.3) is 0 Å². The van der Waals surface area contributed by atoms with Crippen LogP contribution in [-0.4, -0.2) is 33.1 Å². The van der Waals surface area contributed by atoms with Gasteiger partial charge in [-0.15, -0.1) is 0 Å². The molecule has 4 aromatic carbocycles. The van der Waals surface area contributed by atoms with E-state index in [0.717, 1.165) is 47.7 Å². The molecule has 1 heterocycles. The third kappa shape index (κ3) is 9.18. The van der Waals surface area contributed by atoms with Crippen molar-refractivity contribution in [1.29, 1.82) is 0 Å². The second kappa shape index (κ2) is 16.4. The molecular weight excluding hydrogens is 649 g/mol. The molecule has 0 spiro atoms. The van der Waals surface area contributed by atoms with E-state index in [1.165, 1.54) is 12.1 Å². The van der Waals surface area contributed by atoms with Crippen LogP contribution in [0, 0.1) is 0 Å². The Kier molecular flexibility index (Phi) is 11.8. The summed E-state index contributed by atoms with van der Waals surface area (Å²) < 4.78 is 13.6. The van der Waals surface area contributed by atoms with Crippen molar-refractivity contribution in [3.63, 3.8) is 0 Å². The lowest BCUT2D eigenvalue weighted by Gasteiger charge is -2.20. The van der Waals surface area contributed by atoms with Crippen LogP contribution < -0.4 is 14.8 Å². The number of carbonyl (C=O) groups is 2. The average molecular weight is 687 g/mol. The summed E-state index contributed by atoms with van der Waals surface area (Å²) in [4.78, 5) is 29.8. The fraction of sp³-hybridized carbons (Fsp3) is 0.237. The van der Waals surface area contributed by atoms with E-state index in [0.29, 0.717) is 40.3 Å². The topological polar surface area (TPSA) is 103 Å². The van der Waals surface area contributed by atoms with Crippen LogP contribution in [0.25, 0.3) is 11.3 Å². The fourth-order valence-electron chi connectivity index (χ4n) is 5.28. The van der Waals surface area contributed by atoms with Crippen LogP contribution in [0.4, 0.5) is 0 Å². The van der Waals surface area contributed by atoms with E-state index in [1.54, 1.807) is 24.3 Å². The monoisotopic (exact) mass is 685 g/mol. The van der Waals surface area contributed by atoms with Crippen molar-refractivity contribution in [3.8, 4) is 28.5 Å². The van der Waals surface area contributed by atoms with Gasteiger partial charge in [-0.1, -0.05) is 60.8 Å². The molecule has 8 nitrogen and oxygen atoms in total. The minimum absolute atomic E-state index is 0.134. The highest BCUT2D eigenvalue weighted by Gasteiger charge is 2.23. The fourth-order valence-corrected chi connectivity index (χ4v) is 5.79. The summed E-state index contributed by atoms with van der Waals surface area (Å²) in [5.41, 5.74) is 3.48. The first kappa shape index (κ1) is 34.5. The highest BCUT2D eigenvalue weighted by Crippen LogP contribution is 2.32. The second-order valence-electron chi connectivity index (χ2n) is 11.3. The molecule has 0 aliphatic carbocycles. The number of nitrogens with one attached hydrogen (secondary N) is 1. The van der Waals surface area contributed by atoms with Gasteiger partial charge in [0.15, 0.2) is 0 Å². The minimum Gasteiger partial charge on any atom is -0.494 e. The van der Waals surface area contributed by atoms with Crippen molar-refractivity contribution < 1.29 is 24.2 Å². The van der Waals surface area contributed by atoms with Gasteiger partial charge in [-0.05, 0) is 97.6 Å². The molecule has 0 aliphatic heterocycles. The van der Waals surface area contributed by atoms with Crippen molar-refractivity contribution in [2.24, 2.45) is 0 Å². The SMILES string of the molecule is CCCCn1cc(-c2ccc(Cl)cc2Cl)nc1[C@H](Cc1ccc(Oc2ccc(C(=O)O)cc2)cc1)NC(=O)Cc1ccc(OCC)cc1. The molecule has 5 aromatic rings. The number of carboxylic acid groups (broad SMARTS) is 1. The van der Waals surface area contributed by atoms with Crippen LogP contribution in [0.1, 0.15) is 60.0 Å². The van der Waals surface area contributed by atoms with E-state index in [2.05, 4.69) is 16.8 Å². The number of carbonyl (C=O) groups excluding carboxylic acids is 1. The van der Waals surface area contributed by atoms with E-state index in [4.69, 9.17) is 42.8 Å². The van der Waals surface area contributed by atoms with Gasteiger partial charge < -0.3 is 24.5 Å². The lowest BCUT2D eigenvalue weighted by molar-refractivity contribution is -0.121. The molecule has 248 valence electrons. The predicted molar refractivity (Wildman–Crippen MR) is 188 cm³/mol. The first-order chi connectivity index (χ1) is 23.2. The standard InChI is InChI=1S/C38H37Cl2N3O5/c1-3-5-20-43-24-35(32-19-12-28(39)23-33(32)40)42-37(43)34(41-36(44)22-26-6-13-29(14-7-26)47-4-2)21-25-8-15-30(16-9-25)48-31-17-10-27(11-18-31)38(45)46/h6-19,23-24,34H,3-5,20-22H2,1-2H3,(H,41,44)(H,45,46)/t34-/m0/s1. The smallest absolute Gasteiger partial charge is 0.335 e. The average Bonchev–Trinajstić information content (AvgIpc) is 3.49. The van der Waals surface area contributed by atoms with Gasteiger partial charge in [-0.25, -0.2) is 9.78 Å². The van der Waals surface area contributed by atoms with Crippen LogP contribution in [0.15, 0.2) is 97.2 Å². The number of rotatable bonds is 15. The Morgan fingerprint density at radius 2 is 1.52 bits per heavy atom. The highest BCUT2D eigenvalue weighted by atomic mass is 35.5. The Hall–Kier alpha value is -4.79. The van der Waals surface area contributed by atoms with Crippen LogP contribution in [0.3, 0.4) is 0 Å². The number of amides is 1. The van der Waals surface area contributed by atoms with E-state index in [-0.39, 0.29) is 17.9 Å². The van der Waals surface area contributed by atoms with Crippen molar-refractivity contribution in [2.45, 2.75) is 52.1 Å². The number of aryl methyl sites for hydroxylation is 1. The molecule has 0 radical (unpaired) electrons. The summed E-state index contributed by atoms with van der Waals surface area (Å²) in [6, 6.07) is 26.3. The van der Waals surface area contributed by atoms with Gasteiger partial charge in [0, 0.05) is 23.3 Å². The molecule has 0 saturated carbocycles. The number of unbranched alkanes of at least 4 members (excludes halogenated alkanes) is 1. The number of benzene rings is 4. The third-order valence-electron chi connectivity index (χ3n) is 7.71. The third-order valence-corrected chi connectivity index (χ3v) is 8.26. The maximum Gasteiger partial charge on any atom is 0.335 e. The molecule has 1 atom stereocenters. The zero-order valence-electron chi connectivity index (χ0n) is 26.8. The van der Waals surface area contributed by atoms with Gasteiger partial charge in [-0.2, -0.15) is 0 Å². The number of nitrogens with zero attached hydrogens (tertiary/aromatic N) is 2. The Balaban J connectivity index is 1.42. The second-order valence-corrected chi connectivity index (χ2v) is 12.2. The largest absolute Gasteiger partial charge is 0.494 e. The van der Waals surface area contributed by atoms with Crippen molar-refractivity contribution >= 4 is 35.1 Å². The normalized spacial score (nSPS) is 11.6. The molecule has 0 fully saturated rings. The van der Waals surface area contributed by atoms with Gasteiger partial charge in [0.05, 0.1) is 35.3 Å². The molecule has 1 amide bonds. The summed E-state index contributed by atoms with van der Waals surface area (Å²) >= 11 is 12.8. The Morgan fingerprint density at radius 1 is 0.875 bits per heavy atom. The molecule has 0 bridgehead atoms. The number of aromatic nitrogens is 2. The molecule has 2 N–H and O–H groups in total. The van der Waals surface area contributed by atoms with Gasteiger partial charge in [-0.3, -0.25) is 4.79 Å². The van der Waals surface area contributed by atoms with Crippen LogP contribution in [0.2, 0.25) is 10.0 Å². The quantitative estimate of drug-likeness (QED) is 0.114. The molecule has 0 saturated heterocycles. The molecule has 1 aromatic heterocycles. The maximum atomic E-state index is 13.5. The van der Waals surface area contributed by atoms with E-state index < -0.39 is 12.0 Å². The molecule has 48 heavy (non-hydrogen) atoms. The molecule has 5 rings (SSSR count). The van der Waals surface area contributed by atoms with E-state index >= 15 is 0 Å². The lowest BCUT2D eigenvalue weighted by atomic mass is 10.0. The lowest BCUT2D eigenvalue weighted by Crippen LogP contribution is -2.33. The van der Waals surface area contributed by atoms with E-state index in [9.17, 15) is 9.59 Å². The maximum absolute atomic E-state index is 13.5. The van der Waals surface area contributed by atoms with Gasteiger partial charge in [0.2, 0.25) is 5.91 Å². The predicted octanol–water partition coefficient (Wildman–Crippen LogP) is 9.19. The first-order valence-corrected chi connectivity index (χ1v) is 16.6.